The number of H-pyrrole nitrogens is 1. The van der Waals surface area contributed by atoms with E-state index in [4.69, 9.17) is 4.74 Å². The molecule has 0 aliphatic rings. The Labute approximate surface area is 127 Å². The summed E-state index contributed by atoms with van der Waals surface area (Å²) in [5.41, 5.74) is 2.74. The highest BCUT2D eigenvalue weighted by Gasteiger charge is 2.11. The van der Waals surface area contributed by atoms with E-state index in [1.165, 1.54) is 11.8 Å². The van der Waals surface area contributed by atoms with E-state index >= 15 is 0 Å². The van der Waals surface area contributed by atoms with Crippen LogP contribution in [0, 0.1) is 0 Å². The summed E-state index contributed by atoms with van der Waals surface area (Å²) in [5, 5.41) is 10.6. The van der Waals surface area contributed by atoms with Gasteiger partial charge in [-0.3, -0.25) is 0 Å². The summed E-state index contributed by atoms with van der Waals surface area (Å²) in [6, 6.07) is 13.5. The van der Waals surface area contributed by atoms with Crippen LogP contribution in [0.2, 0.25) is 0 Å². The molecule has 0 aliphatic carbocycles. The topological polar surface area (TPSA) is 58.1 Å². The van der Waals surface area contributed by atoms with Gasteiger partial charge in [0, 0.05) is 11.0 Å². The number of nitrogens with zero attached hydrogens (tertiary/aromatic N) is 1. The standard InChI is InChI=1S/C16H16N2O2S/c1-10(19)12-5-3-4-6-15(12)21-16-17-13-8-7-11(20-2)9-14(13)18-16/h3-10,19H,1-2H3,(H,17,18). The van der Waals surface area contributed by atoms with Crippen LogP contribution in [0.1, 0.15) is 18.6 Å². The highest BCUT2D eigenvalue weighted by molar-refractivity contribution is 7.99. The van der Waals surface area contributed by atoms with E-state index in [2.05, 4.69) is 9.97 Å². The quantitative estimate of drug-likeness (QED) is 0.770. The largest absolute Gasteiger partial charge is 0.497 e. The predicted octanol–water partition coefficient (Wildman–Crippen LogP) is 3.78. The molecule has 0 amide bonds. The van der Waals surface area contributed by atoms with Crippen LogP contribution in [-0.2, 0) is 0 Å². The lowest BCUT2D eigenvalue weighted by Gasteiger charge is -2.09. The van der Waals surface area contributed by atoms with E-state index in [0.29, 0.717) is 0 Å². The summed E-state index contributed by atoms with van der Waals surface area (Å²) in [6.07, 6.45) is -0.502. The molecule has 108 valence electrons. The number of aliphatic hydroxyl groups is 1. The zero-order chi connectivity index (χ0) is 14.8. The molecule has 2 N–H and O–H groups in total. The molecule has 0 radical (unpaired) electrons. The van der Waals surface area contributed by atoms with E-state index in [-0.39, 0.29) is 0 Å². The first kappa shape index (κ1) is 14.0. The Morgan fingerprint density at radius 2 is 2.05 bits per heavy atom. The number of nitrogens with one attached hydrogen (secondary N) is 1. The Balaban J connectivity index is 1.95. The third kappa shape index (κ3) is 2.89. The molecule has 3 rings (SSSR count). The van der Waals surface area contributed by atoms with Crippen LogP contribution >= 0.6 is 11.8 Å². The summed E-state index contributed by atoms with van der Waals surface area (Å²) < 4.78 is 5.21. The van der Waals surface area contributed by atoms with Crippen LogP contribution in [0.5, 0.6) is 5.75 Å². The van der Waals surface area contributed by atoms with Gasteiger partial charge in [-0.2, -0.15) is 0 Å². The van der Waals surface area contributed by atoms with Crippen LogP contribution in [0.4, 0.5) is 0 Å². The lowest BCUT2D eigenvalue weighted by molar-refractivity contribution is 0.196. The van der Waals surface area contributed by atoms with E-state index in [1.807, 2.05) is 42.5 Å². The van der Waals surface area contributed by atoms with Crippen LogP contribution in [-0.4, -0.2) is 22.2 Å². The number of imidazole rings is 1. The first-order valence-electron chi connectivity index (χ1n) is 6.66. The molecule has 5 heteroatoms. The summed E-state index contributed by atoms with van der Waals surface area (Å²) in [4.78, 5) is 8.83. The molecule has 1 atom stereocenters. The fourth-order valence-corrected chi connectivity index (χ4v) is 3.18. The molecule has 0 saturated carbocycles. The predicted molar refractivity (Wildman–Crippen MR) is 83.8 cm³/mol. The molecule has 21 heavy (non-hydrogen) atoms. The van der Waals surface area contributed by atoms with Crippen LogP contribution < -0.4 is 4.74 Å². The first-order chi connectivity index (χ1) is 10.2. The number of rotatable bonds is 4. The van der Waals surface area contributed by atoms with Crippen molar-refractivity contribution in [2.24, 2.45) is 0 Å². The molecule has 4 nitrogen and oxygen atoms in total. The van der Waals surface area contributed by atoms with Gasteiger partial charge in [-0.15, -0.1) is 0 Å². The van der Waals surface area contributed by atoms with E-state index in [1.54, 1.807) is 14.0 Å². The van der Waals surface area contributed by atoms with Crippen molar-refractivity contribution in [1.82, 2.24) is 9.97 Å². The molecule has 0 bridgehead atoms. The van der Waals surface area contributed by atoms with Crippen LogP contribution in [0.25, 0.3) is 11.0 Å². The molecule has 0 fully saturated rings. The maximum atomic E-state index is 9.83. The van der Waals surface area contributed by atoms with Gasteiger partial charge in [-0.05, 0) is 30.7 Å². The maximum Gasteiger partial charge on any atom is 0.171 e. The Morgan fingerprint density at radius 1 is 1.24 bits per heavy atom. The molecule has 1 aromatic heterocycles. The van der Waals surface area contributed by atoms with Gasteiger partial charge in [0.25, 0.3) is 0 Å². The van der Waals surface area contributed by atoms with Gasteiger partial charge in [0.1, 0.15) is 5.75 Å². The minimum absolute atomic E-state index is 0.502. The average molecular weight is 300 g/mol. The zero-order valence-electron chi connectivity index (χ0n) is 11.8. The zero-order valence-corrected chi connectivity index (χ0v) is 12.6. The maximum absolute atomic E-state index is 9.83. The van der Waals surface area contributed by atoms with Crippen LogP contribution in [0.3, 0.4) is 0 Å². The number of hydrogen-bond acceptors (Lipinski definition) is 4. The smallest absolute Gasteiger partial charge is 0.171 e. The first-order valence-corrected chi connectivity index (χ1v) is 7.47. The number of aliphatic hydroxyl groups excluding tert-OH is 1. The van der Waals surface area contributed by atoms with Crippen molar-refractivity contribution >= 4 is 22.8 Å². The number of fused-ring (bicyclic) bond motifs is 1. The molecule has 3 aromatic rings. The molecule has 1 unspecified atom stereocenters. The number of methoxy groups -OCH3 is 1. The van der Waals surface area contributed by atoms with Crippen molar-refractivity contribution in [3.8, 4) is 5.75 Å². The third-order valence-corrected chi connectivity index (χ3v) is 4.22. The van der Waals surface area contributed by atoms with E-state index in [0.717, 1.165) is 32.4 Å². The summed E-state index contributed by atoms with van der Waals surface area (Å²) >= 11 is 1.51. The molecule has 2 aromatic carbocycles. The average Bonchev–Trinajstić information content (AvgIpc) is 2.88. The van der Waals surface area contributed by atoms with Gasteiger partial charge in [0.2, 0.25) is 0 Å². The van der Waals surface area contributed by atoms with E-state index < -0.39 is 6.10 Å². The van der Waals surface area contributed by atoms with Crippen molar-refractivity contribution in [2.45, 2.75) is 23.1 Å². The van der Waals surface area contributed by atoms with Gasteiger partial charge in [-0.25, -0.2) is 4.98 Å². The van der Waals surface area contributed by atoms with Gasteiger partial charge in [0.05, 0.1) is 24.2 Å². The van der Waals surface area contributed by atoms with Gasteiger partial charge in [-0.1, -0.05) is 30.0 Å². The molecule has 0 spiro atoms. The van der Waals surface area contributed by atoms with Gasteiger partial charge in [0.15, 0.2) is 5.16 Å². The molecule has 0 aliphatic heterocycles. The number of aromatic amines is 1. The van der Waals surface area contributed by atoms with Crippen molar-refractivity contribution in [1.29, 1.82) is 0 Å². The highest BCUT2D eigenvalue weighted by atomic mass is 32.2. The summed E-state index contributed by atoms with van der Waals surface area (Å²) in [6.45, 7) is 1.77. The summed E-state index contributed by atoms with van der Waals surface area (Å²) in [7, 11) is 1.64. The van der Waals surface area contributed by atoms with Crippen LogP contribution in [0.15, 0.2) is 52.5 Å². The Kier molecular flexibility index (Phi) is 3.86. The SMILES string of the molecule is COc1ccc2nc(Sc3ccccc3C(C)O)[nH]c2c1. The van der Waals surface area contributed by atoms with Gasteiger partial charge >= 0.3 is 0 Å². The normalized spacial score (nSPS) is 12.5. The van der Waals surface area contributed by atoms with Crippen molar-refractivity contribution in [3.63, 3.8) is 0 Å². The molecular formula is C16H16N2O2S. The second-order valence-electron chi connectivity index (χ2n) is 4.74. The lowest BCUT2D eigenvalue weighted by atomic mass is 10.1. The van der Waals surface area contributed by atoms with Crippen molar-refractivity contribution in [3.05, 3.63) is 48.0 Å². The number of benzene rings is 2. The number of hydrogen-bond donors (Lipinski definition) is 2. The lowest BCUT2D eigenvalue weighted by Crippen LogP contribution is -1.93. The fraction of sp³-hybridized carbons (Fsp3) is 0.188. The minimum Gasteiger partial charge on any atom is -0.497 e. The second-order valence-corrected chi connectivity index (χ2v) is 5.77. The third-order valence-electron chi connectivity index (χ3n) is 3.24. The fourth-order valence-electron chi connectivity index (χ4n) is 2.16. The summed E-state index contributed by atoms with van der Waals surface area (Å²) in [5.74, 6) is 0.798. The Hall–Kier alpha value is -1.98. The van der Waals surface area contributed by atoms with Crippen molar-refractivity contribution in [2.75, 3.05) is 7.11 Å². The number of ether oxygens (including phenoxy) is 1. The minimum atomic E-state index is -0.502. The molecule has 1 heterocycles. The van der Waals surface area contributed by atoms with Gasteiger partial charge < -0.3 is 14.8 Å². The number of aromatic nitrogens is 2. The monoisotopic (exact) mass is 300 g/mol. The van der Waals surface area contributed by atoms with Crippen molar-refractivity contribution < 1.29 is 9.84 Å². The Bertz CT molecular complexity index is 768. The van der Waals surface area contributed by atoms with E-state index in [9.17, 15) is 5.11 Å². The Morgan fingerprint density at radius 3 is 2.81 bits per heavy atom. The second kappa shape index (κ2) is 5.79. The molecule has 0 saturated heterocycles. The molecular weight excluding hydrogens is 284 g/mol. The highest BCUT2D eigenvalue weighted by Crippen LogP contribution is 2.33.